The maximum absolute atomic E-state index is 13.5. The highest BCUT2D eigenvalue weighted by Crippen LogP contribution is 2.28. The van der Waals surface area contributed by atoms with Crippen LogP contribution in [0.1, 0.15) is 22.3 Å². The van der Waals surface area contributed by atoms with Crippen molar-refractivity contribution < 1.29 is 18.7 Å². The summed E-state index contributed by atoms with van der Waals surface area (Å²) in [5.41, 5.74) is 3.63. The van der Waals surface area contributed by atoms with E-state index in [0.717, 1.165) is 11.1 Å². The maximum Gasteiger partial charge on any atom is 0.266 e. The van der Waals surface area contributed by atoms with Crippen molar-refractivity contribution in [2.45, 2.75) is 20.5 Å². The van der Waals surface area contributed by atoms with Crippen LogP contribution in [0.3, 0.4) is 0 Å². The Kier molecular flexibility index (Phi) is 7.25. The molecule has 162 valence electrons. The summed E-state index contributed by atoms with van der Waals surface area (Å²) in [5.74, 6) is 0.0791. The van der Waals surface area contributed by atoms with Crippen LogP contribution < -0.4 is 14.8 Å². The molecule has 0 fully saturated rings. The van der Waals surface area contributed by atoms with Gasteiger partial charge in [0, 0.05) is 17.3 Å². The summed E-state index contributed by atoms with van der Waals surface area (Å²) < 4.78 is 24.6. The molecule has 3 rings (SSSR count). The summed E-state index contributed by atoms with van der Waals surface area (Å²) in [4.78, 5) is 12.8. The van der Waals surface area contributed by atoms with E-state index in [0.29, 0.717) is 28.3 Å². The molecule has 0 aliphatic carbocycles. The Balaban J connectivity index is 1.88. The number of nitrogens with zero attached hydrogens (tertiary/aromatic N) is 1. The zero-order valence-corrected chi connectivity index (χ0v) is 18.1. The minimum Gasteiger partial charge on any atom is -0.497 e. The fourth-order valence-electron chi connectivity index (χ4n) is 3.04. The highest BCUT2D eigenvalue weighted by molar-refractivity contribution is 6.10. The third-order valence-electron chi connectivity index (χ3n) is 4.81. The lowest BCUT2D eigenvalue weighted by Gasteiger charge is -2.12. The quantitative estimate of drug-likeness (QED) is 0.393. The van der Waals surface area contributed by atoms with Crippen LogP contribution >= 0.6 is 0 Å². The molecule has 0 aliphatic rings. The third-order valence-corrected chi connectivity index (χ3v) is 4.81. The number of nitriles is 1. The Morgan fingerprint density at radius 2 is 1.94 bits per heavy atom. The van der Waals surface area contributed by atoms with Crippen LogP contribution in [0.5, 0.6) is 11.5 Å². The predicted molar refractivity (Wildman–Crippen MR) is 122 cm³/mol. The van der Waals surface area contributed by atoms with Gasteiger partial charge < -0.3 is 14.8 Å². The van der Waals surface area contributed by atoms with Gasteiger partial charge in [-0.1, -0.05) is 24.3 Å². The highest BCUT2D eigenvalue weighted by atomic mass is 19.1. The SMILES string of the molecule is COc1ccc(/C=C(\C#N)C(=O)Nc2cc(C)ccc2C)c(OCc2cccc(F)c2)c1. The first-order chi connectivity index (χ1) is 15.4. The fraction of sp³-hybridized carbons (Fsp3) is 0.154. The number of nitrogens with one attached hydrogen (secondary N) is 1. The molecule has 1 N–H and O–H groups in total. The Hall–Kier alpha value is -4.11. The monoisotopic (exact) mass is 430 g/mol. The van der Waals surface area contributed by atoms with Gasteiger partial charge in [-0.25, -0.2) is 4.39 Å². The summed E-state index contributed by atoms with van der Waals surface area (Å²) in [5, 5.41) is 12.4. The number of aryl methyl sites for hydroxylation is 2. The van der Waals surface area contributed by atoms with Crippen molar-refractivity contribution in [2.24, 2.45) is 0 Å². The van der Waals surface area contributed by atoms with Crippen LogP contribution in [0.4, 0.5) is 10.1 Å². The van der Waals surface area contributed by atoms with Crippen LogP contribution in [0.25, 0.3) is 6.08 Å². The second-order valence-electron chi connectivity index (χ2n) is 7.26. The van der Waals surface area contributed by atoms with E-state index in [4.69, 9.17) is 9.47 Å². The molecule has 5 nitrogen and oxygen atoms in total. The number of methoxy groups -OCH3 is 1. The minimum absolute atomic E-state index is 0.0771. The van der Waals surface area contributed by atoms with Gasteiger partial charge in [0.05, 0.1) is 7.11 Å². The number of carbonyl (C=O) groups is 1. The zero-order chi connectivity index (χ0) is 23.1. The number of amides is 1. The molecule has 32 heavy (non-hydrogen) atoms. The Morgan fingerprint density at radius 1 is 1.12 bits per heavy atom. The van der Waals surface area contributed by atoms with Gasteiger partial charge in [0.2, 0.25) is 0 Å². The van der Waals surface area contributed by atoms with Gasteiger partial charge in [-0.2, -0.15) is 5.26 Å². The van der Waals surface area contributed by atoms with Gasteiger partial charge in [-0.15, -0.1) is 0 Å². The molecule has 0 saturated carbocycles. The maximum atomic E-state index is 13.5. The first kappa shape index (κ1) is 22.6. The van der Waals surface area contributed by atoms with Crippen LogP contribution in [0, 0.1) is 31.0 Å². The molecule has 0 aromatic heterocycles. The minimum atomic E-state index is -0.520. The molecule has 0 saturated heterocycles. The highest BCUT2D eigenvalue weighted by Gasteiger charge is 2.13. The molecule has 3 aromatic carbocycles. The normalized spacial score (nSPS) is 10.9. The average molecular weight is 430 g/mol. The molecule has 0 aliphatic heterocycles. The van der Waals surface area contributed by atoms with E-state index in [1.807, 2.05) is 38.1 Å². The summed E-state index contributed by atoms with van der Waals surface area (Å²) in [6, 6.07) is 18.8. The summed E-state index contributed by atoms with van der Waals surface area (Å²) >= 11 is 0. The van der Waals surface area contributed by atoms with Crippen LogP contribution in [0.2, 0.25) is 0 Å². The van der Waals surface area contributed by atoms with E-state index < -0.39 is 5.91 Å². The number of halogens is 1. The lowest BCUT2D eigenvalue weighted by molar-refractivity contribution is -0.112. The van der Waals surface area contributed by atoms with Crippen molar-refractivity contribution in [1.82, 2.24) is 0 Å². The van der Waals surface area contributed by atoms with Gasteiger partial charge in [-0.3, -0.25) is 4.79 Å². The molecule has 0 bridgehead atoms. The molecule has 0 heterocycles. The number of hydrogen-bond donors (Lipinski definition) is 1. The van der Waals surface area contributed by atoms with Gasteiger partial charge in [-0.05, 0) is 66.9 Å². The fourth-order valence-corrected chi connectivity index (χ4v) is 3.04. The van der Waals surface area contributed by atoms with E-state index in [1.165, 1.54) is 25.3 Å². The number of anilines is 1. The second kappa shape index (κ2) is 10.3. The molecule has 1 amide bonds. The van der Waals surface area contributed by atoms with Crippen LogP contribution in [0.15, 0.2) is 66.2 Å². The molecular formula is C26H23FN2O3. The van der Waals surface area contributed by atoms with Crippen molar-refractivity contribution in [3.8, 4) is 17.6 Å². The van der Waals surface area contributed by atoms with E-state index in [-0.39, 0.29) is 18.0 Å². The van der Waals surface area contributed by atoms with Gasteiger partial charge in [0.15, 0.2) is 0 Å². The largest absolute Gasteiger partial charge is 0.497 e. The lowest BCUT2D eigenvalue weighted by Crippen LogP contribution is -2.14. The second-order valence-corrected chi connectivity index (χ2v) is 7.26. The Labute approximate surface area is 186 Å². The number of benzene rings is 3. The first-order valence-electron chi connectivity index (χ1n) is 9.95. The van der Waals surface area contributed by atoms with Gasteiger partial charge >= 0.3 is 0 Å². The lowest BCUT2D eigenvalue weighted by atomic mass is 10.1. The topological polar surface area (TPSA) is 71.3 Å². The van der Waals surface area contributed by atoms with Crippen molar-refractivity contribution in [3.63, 3.8) is 0 Å². The summed E-state index contributed by atoms with van der Waals surface area (Å²) in [6.45, 7) is 3.92. The van der Waals surface area contributed by atoms with E-state index in [2.05, 4.69) is 5.32 Å². The molecular weight excluding hydrogens is 407 g/mol. The number of hydrogen-bond acceptors (Lipinski definition) is 4. The molecule has 0 radical (unpaired) electrons. The molecule has 0 unspecified atom stereocenters. The van der Waals surface area contributed by atoms with Crippen LogP contribution in [-0.2, 0) is 11.4 Å². The number of carbonyl (C=O) groups excluding carboxylic acids is 1. The predicted octanol–water partition coefficient (Wildman–Crippen LogP) is 5.58. The van der Waals surface area contributed by atoms with Crippen molar-refractivity contribution in [3.05, 3.63) is 94.3 Å². The summed E-state index contributed by atoms with van der Waals surface area (Å²) in [7, 11) is 1.53. The molecule has 0 spiro atoms. The van der Waals surface area contributed by atoms with Crippen molar-refractivity contribution in [1.29, 1.82) is 5.26 Å². The molecule has 6 heteroatoms. The number of rotatable bonds is 7. The van der Waals surface area contributed by atoms with E-state index in [9.17, 15) is 14.4 Å². The van der Waals surface area contributed by atoms with Gasteiger partial charge in [0.25, 0.3) is 5.91 Å². The smallest absolute Gasteiger partial charge is 0.266 e. The zero-order valence-electron chi connectivity index (χ0n) is 18.1. The Morgan fingerprint density at radius 3 is 2.66 bits per heavy atom. The van der Waals surface area contributed by atoms with Crippen LogP contribution in [-0.4, -0.2) is 13.0 Å². The van der Waals surface area contributed by atoms with E-state index in [1.54, 1.807) is 30.3 Å². The average Bonchev–Trinajstić information content (AvgIpc) is 2.78. The van der Waals surface area contributed by atoms with E-state index >= 15 is 0 Å². The van der Waals surface area contributed by atoms with Crippen molar-refractivity contribution >= 4 is 17.7 Å². The molecule has 0 atom stereocenters. The third kappa shape index (κ3) is 5.73. The summed E-state index contributed by atoms with van der Waals surface area (Å²) in [6.07, 6.45) is 1.46. The molecule has 3 aromatic rings. The van der Waals surface area contributed by atoms with Crippen molar-refractivity contribution in [2.75, 3.05) is 12.4 Å². The van der Waals surface area contributed by atoms with Gasteiger partial charge in [0.1, 0.15) is 35.6 Å². The standard InChI is InChI=1S/C26H23FN2O3/c1-17-7-8-18(2)24(11-17)29-26(30)21(15-28)13-20-9-10-23(31-3)14-25(20)32-16-19-5-4-6-22(27)12-19/h4-14H,16H2,1-3H3,(H,29,30)/b21-13+. The first-order valence-corrected chi connectivity index (χ1v) is 9.95. The Bertz CT molecular complexity index is 1210. The number of ether oxygens (including phenoxy) is 2.